The minimum absolute atomic E-state index is 0.256. The smallest absolute Gasteiger partial charge is 0.226 e. The molecule has 1 amide bonds. The molecule has 0 radical (unpaired) electrons. The van der Waals surface area contributed by atoms with Gasteiger partial charge >= 0.3 is 0 Å². The Labute approximate surface area is 91.5 Å². The van der Waals surface area contributed by atoms with Crippen LogP contribution < -0.4 is 5.32 Å². The molecule has 1 saturated heterocycles. The molecule has 2 aliphatic rings. The summed E-state index contributed by atoms with van der Waals surface area (Å²) in [6.07, 6.45) is 6.21. The van der Waals surface area contributed by atoms with E-state index in [9.17, 15) is 4.79 Å². The summed E-state index contributed by atoms with van der Waals surface area (Å²) < 4.78 is 0. The molecule has 1 heterocycles. The third kappa shape index (κ3) is 2.59. The molecule has 0 aromatic rings. The van der Waals surface area contributed by atoms with Crippen LogP contribution in [0.4, 0.5) is 0 Å². The molecular weight excluding hydrogens is 188 g/mol. The summed E-state index contributed by atoms with van der Waals surface area (Å²) in [5, 5.41) is 3.29. The van der Waals surface area contributed by atoms with Gasteiger partial charge in [0.05, 0.1) is 0 Å². The lowest BCUT2D eigenvalue weighted by molar-refractivity contribution is -0.136. The molecule has 0 aromatic heterocycles. The zero-order valence-electron chi connectivity index (χ0n) is 9.24. The van der Waals surface area contributed by atoms with Gasteiger partial charge in [-0.25, -0.2) is 0 Å². The third-order valence-corrected chi connectivity index (χ3v) is 3.28. The molecule has 0 aromatic carbocycles. The van der Waals surface area contributed by atoms with E-state index in [0.717, 1.165) is 32.5 Å². The molecular formula is C12H20N2O. The predicted molar refractivity (Wildman–Crippen MR) is 60.5 cm³/mol. The molecule has 1 aliphatic carbocycles. The van der Waals surface area contributed by atoms with Crippen molar-refractivity contribution in [3.63, 3.8) is 0 Å². The van der Waals surface area contributed by atoms with Gasteiger partial charge in [0.1, 0.15) is 0 Å². The number of piperidine rings is 1. The van der Waals surface area contributed by atoms with Crippen LogP contribution in [0.25, 0.3) is 0 Å². The Morgan fingerprint density at radius 3 is 2.53 bits per heavy atom. The Morgan fingerprint density at radius 1 is 1.33 bits per heavy atom. The zero-order chi connectivity index (χ0) is 10.7. The standard InChI is InChI=1S/C12H20N2O/c1-2-9-14(11-3-4-11)12(15)10-5-7-13-8-6-10/h2,10-11,13H,1,3-9H2. The summed E-state index contributed by atoms with van der Waals surface area (Å²) in [5.74, 6) is 0.616. The minimum atomic E-state index is 0.256. The van der Waals surface area contributed by atoms with Crippen LogP contribution in [0.2, 0.25) is 0 Å². The zero-order valence-corrected chi connectivity index (χ0v) is 9.24. The third-order valence-electron chi connectivity index (χ3n) is 3.28. The number of rotatable bonds is 4. The van der Waals surface area contributed by atoms with E-state index in [1.54, 1.807) is 0 Å². The molecule has 0 atom stereocenters. The number of carbonyl (C=O) groups is 1. The van der Waals surface area contributed by atoms with Crippen molar-refractivity contribution in [3.05, 3.63) is 12.7 Å². The molecule has 84 valence electrons. The predicted octanol–water partition coefficient (Wildman–Crippen LogP) is 1.16. The van der Waals surface area contributed by atoms with Crippen LogP contribution in [-0.2, 0) is 4.79 Å². The van der Waals surface area contributed by atoms with Gasteiger partial charge in [0.15, 0.2) is 0 Å². The Balaban J connectivity index is 1.93. The molecule has 3 heteroatoms. The van der Waals surface area contributed by atoms with Crippen molar-refractivity contribution < 1.29 is 4.79 Å². The van der Waals surface area contributed by atoms with Gasteiger partial charge < -0.3 is 10.2 Å². The first kappa shape index (κ1) is 10.7. The molecule has 3 nitrogen and oxygen atoms in total. The maximum Gasteiger partial charge on any atom is 0.226 e. The van der Waals surface area contributed by atoms with Gasteiger partial charge in [-0.3, -0.25) is 4.79 Å². The van der Waals surface area contributed by atoms with Gasteiger partial charge in [-0.05, 0) is 38.8 Å². The minimum Gasteiger partial charge on any atom is -0.336 e. The van der Waals surface area contributed by atoms with Gasteiger partial charge in [0, 0.05) is 18.5 Å². The second kappa shape index (κ2) is 4.79. The molecule has 1 N–H and O–H groups in total. The molecule has 15 heavy (non-hydrogen) atoms. The van der Waals surface area contributed by atoms with Crippen LogP contribution >= 0.6 is 0 Å². The van der Waals surface area contributed by atoms with Gasteiger partial charge in [-0.2, -0.15) is 0 Å². The Hall–Kier alpha value is -0.830. The molecule has 2 rings (SSSR count). The van der Waals surface area contributed by atoms with Gasteiger partial charge in [0.2, 0.25) is 5.91 Å². The Bertz CT molecular complexity index is 242. The van der Waals surface area contributed by atoms with E-state index in [0.29, 0.717) is 11.9 Å². The number of nitrogens with one attached hydrogen (secondary N) is 1. The number of carbonyl (C=O) groups excluding carboxylic acids is 1. The molecule has 0 spiro atoms. The largest absolute Gasteiger partial charge is 0.336 e. The van der Waals surface area contributed by atoms with Gasteiger partial charge in [0.25, 0.3) is 0 Å². The first-order chi connectivity index (χ1) is 7.33. The lowest BCUT2D eigenvalue weighted by Gasteiger charge is -2.29. The fourth-order valence-corrected chi connectivity index (χ4v) is 2.25. The monoisotopic (exact) mass is 208 g/mol. The fourth-order valence-electron chi connectivity index (χ4n) is 2.25. The summed E-state index contributed by atoms with van der Waals surface area (Å²) in [5.41, 5.74) is 0. The Kier molecular flexibility index (Phi) is 3.41. The number of hydrogen-bond acceptors (Lipinski definition) is 2. The van der Waals surface area contributed by atoms with Crippen molar-refractivity contribution in [1.29, 1.82) is 0 Å². The van der Waals surface area contributed by atoms with Crippen LogP contribution in [0, 0.1) is 5.92 Å². The number of amides is 1. The van der Waals surface area contributed by atoms with E-state index in [1.807, 2.05) is 11.0 Å². The molecule has 1 saturated carbocycles. The average Bonchev–Trinajstić information content (AvgIpc) is 3.10. The normalized spacial score (nSPS) is 22.4. The van der Waals surface area contributed by atoms with Crippen molar-refractivity contribution in [1.82, 2.24) is 10.2 Å². The van der Waals surface area contributed by atoms with E-state index < -0.39 is 0 Å². The molecule has 0 bridgehead atoms. The summed E-state index contributed by atoms with van der Waals surface area (Å²) in [7, 11) is 0. The summed E-state index contributed by atoms with van der Waals surface area (Å²) >= 11 is 0. The lowest BCUT2D eigenvalue weighted by atomic mass is 9.96. The molecule has 0 unspecified atom stereocenters. The van der Waals surface area contributed by atoms with Crippen molar-refractivity contribution in [2.24, 2.45) is 5.92 Å². The van der Waals surface area contributed by atoms with Crippen LogP contribution in [0.3, 0.4) is 0 Å². The van der Waals surface area contributed by atoms with E-state index in [1.165, 1.54) is 12.8 Å². The summed E-state index contributed by atoms with van der Waals surface area (Å²) in [6, 6.07) is 0.519. The first-order valence-corrected chi connectivity index (χ1v) is 5.95. The highest BCUT2D eigenvalue weighted by atomic mass is 16.2. The Morgan fingerprint density at radius 2 is 2.00 bits per heavy atom. The van der Waals surface area contributed by atoms with Gasteiger partial charge in [-0.15, -0.1) is 6.58 Å². The lowest BCUT2D eigenvalue weighted by Crippen LogP contribution is -2.42. The van der Waals surface area contributed by atoms with Gasteiger partial charge in [-0.1, -0.05) is 6.08 Å². The van der Waals surface area contributed by atoms with Crippen molar-refractivity contribution >= 4 is 5.91 Å². The summed E-state index contributed by atoms with van der Waals surface area (Å²) in [6.45, 7) is 6.44. The molecule has 1 aliphatic heterocycles. The van der Waals surface area contributed by atoms with E-state index >= 15 is 0 Å². The van der Waals surface area contributed by atoms with E-state index in [2.05, 4.69) is 11.9 Å². The maximum absolute atomic E-state index is 12.2. The molecule has 2 fully saturated rings. The van der Waals surface area contributed by atoms with Crippen LogP contribution in [0.5, 0.6) is 0 Å². The van der Waals surface area contributed by atoms with Crippen molar-refractivity contribution in [3.8, 4) is 0 Å². The van der Waals surface area contributed by atoms with E-state index in [4.69, 9.17) is 0 Å². The quantitative estimate of drug-likeness (QED) is 0.703. The highest BCUT2D eigenvalue weighted by molar-refractivity contribution is 5.79. The van der Waals surface area contributed by atoms with Crippen LogP contribution in [-0.4, -0.2) is 36.5 Å². The maximum atomic E-state index is 12.2. The van der Waals surface area contributed by atoms with Crippen molar-refractivity contribution in [2.45, 2.75) is 31.7 Å². The highest BCUT2D eigenvalue weighted by Crippen LogP contribution is 2.29. The second-order valence-electron chi connectivity index (χ2n) is 4.53. The fraction of sp³-hybridized carbons (Fsp3) is 0.750. The number of hydrogen-bond donors (Lipinski definition) is 1. The van der Waals surface area contributed by atoms with Crippen LogP contribution in [0.15, 0.2) is 12.7 Å². The number of nitrogens with zero attached hydrogens (tertiary/aromatic N) is 1. The van der Waals surface area contributed by atoms with E-state index in [-0.39, 0.29) is 5.92 Å². The first-order valence-electron chi connectivity index (χ1n) is 5.95. The second-order valence-corrected chi connectivity index (χ2v) is 4.53. The van der Waals surface area contributed by atoms with Crippen LogP contribution in [0.1, 0.15) is 25.7 Å². The average molecular weight is 208 g/mol. The van der Waals surface area contributed by atoms with Crippen molar-refractivity contribution in [2.75, 3.05) is 19.6 Å². The topological polar surface area (TPSA) is 32.3 Å². The SMILES string of the molecule is C=CCN(C(=O)C1CCNCC1)C1CC1. The highest BCUT2D eigenvalue weighted by Gasteiger charge is 2.35. The summed E-state index contributed by atoms with van der Waals surface area (Å²) in [4.78, 5) is 14.3.